The number of carbonyl (C=O) groups excluding carboxylic acids is 1. The zero-order chi connectivity index (χ0) is 15.7. The van der Waals surface area contributed by atoms with Crippen molar-refractivity contribution in [2.75, 3.05) is 11.9 Å². The molecule has 3 rings (SSSR count). The highest BCUT2D eigenvalue weighted by molar-refractivity contribution is 5.99. The first kappa shape index (κ1) is 15.3. The Hall–Kier alpha value is -1.55. The number of hydrogen-bond donors (Lipinski definition) is 1. The number of hydrogen-bond acceptors (Lipinski definition) is 3. The van der Waals surface area contributed by atoms with Crippen LogP contribution in [-0.2, 0) is 4.79 Å². The van der Waals surface area contributed by atoms with Crippen molar-refractivity contribution in [3.63, 3.8) is 0 Å². The first-order chi connectivity index (χ1) is 10.6. The maximum atomic E-state index is 12.3. The van der Waals surface area contributed by atoms with Gasteiger partial charge in [0, 0.05) is 13.1 Å². The summed E-state index contributed by atoms with van der Waals surface area (Å²) in [6.45, 7) is 1.97. The minimum absolute atomic E-state index is 0.0263. The monoisotopic (exact) mass is 302 g/mol. The number of fused-ring (bicyclic) bond motifs is 1. The highest BCUT2D eigenvalue weighted by Gasteiger charge is 2.32. The van der Waals surface area contributed by atoms with E-state index in [1.165, 1.54) is 32.1 Å². The highest BCUT2D eigenvalue weighted by atomic mass is 16.5. The molecule has 2 N–H and O–H groups in total. The molecule has 0 saturated heterocycles. The third kappa shape index (κ3) is 2.72. The fraction of sp³-hybridized carbons (Fsp3) is 0.611. The molecule has 0 radical (unpaired) electrons. The van der Waals surface area contributed by atoms with Crippen molar-refractivity contribution < 1.29 is 9.53 Å². The smallest absolute Gasteiger partial charge is 0.267 e. The maximum absolute atomic E-state index is 12.3. The number of anilines is 1. The summed E-state index contributed by atoms with van der Waals surface area (Å²) in [5.41, 5.74) is 8.45. The van der Waals surface area contributed by atoms with Crippen LogP contribution in [0.25, 0.3) is 0 Å². The Labute approximate surface area is 132 Å². The topological polar surface area (TPSA) is 55.6 Å². The lowest BCUT2D eigenvalue weighted by atomic mass is 9.81. The average molecular weight is 302 g/mol. The lowest BCUT2D eigenvalue weighted by molar-refractivity contribution is -0.126. The van der Waals surface area contributed by atoms with E-state index in [0.29, 0.717) is 12.3 Å². The molecular weight excluding hydrogens is 276 g/mol. The van der Waals surface area contributed by atoms with Crippen LogP contribution in [0.5, 0.6) is 5.75 Å². The van der Waals surface area contributed by atoms with Crippen LogP contribution in [0.15, 0.2) is 18.2 Å². The molecule has 2 unspecified atom stereocenters. The van der Waals surface area contributed by atoms with Crippen LogP contribution < -0.4 is 15.4 Å². The molecule has 0 aromatic heterocycles. The van der Waals surface area contributed by atoms with Gasteiger partial charge in [-0.25, -0.2) is 0 Å². The Morgan fingerprint density at radius 1 is 1.32 bits per heavy atom. The highest BCUT2D eigenvalue weighted by Crippen LogP contribution is 2.39. The average Bonchev–Trinajstić information content (AvgIpc) is 2.58. The number of rotatable bonds is 3. The van der Waals surface area contributed by atoms with Gasteiger partial charge >= 0.3 is 0 Å². The maximum Gasteiger partial charge on any atom is 0.267 e. The summed E-state index contributed by atoms with van der Waals surface area (Å²) in [4.78, 5) is 14.0. The third-order valence-corrected chi connectivity index (χ3v) is 5.13. The Kier molecular flexibility index (Phi) is 4.39. The molecule has 120 valence electrons. The van der Waals surface area contributed by atoms with Gasteiger partial charge in [0.25, 0.3) is 5.91 Å². The fourth-order valence-electron chi connectivity index (χ4n) is 3.67. The van der Waals surface area contributed by atoms with E-state index in [-0.39, 0.29) is 18.1 Å². The van der Waals surface area contributed by atoms with Crippen LogP contribution in [0.2, 0.25) is 0 Å². The van der Waals surface area contributed by atoms with Crippen LogP contribution in [0, 0.1) is 5.92 Å². The molecular formula is C18H26N2O2. The van der Waals surface area contributed by atoms with Crippen LogP contribution in [-0.4, -0.2) is 19.1 Å². The molecule has 1 aromatic carbocycles. The first-order valence-electron chi connectivity index (χ1n) is 8.45. The SMILES string of the molecule is CCC1Oc2ccc(C(N)C3CCCCC3)cc2N(C)C1=O. The molecule has 2 aliphatic rings. The summed E-state index contributed by atoms with van der Waals surface area (Å²) in [5.74, 6) is 1.37. The van der Waals surface area contributed by atoms with Crippen molar-refractivity contribution in [1.82, 2.24) is 0 Å². The molecule has 0 spiro atoms. The largest absolute Gasteiger partial charge is 0.478 e. The Balaban J connectivity index is 1.85. The Morgan fingerprint density at radius 2 is 2.05 bits per heavy atom. The van der Waals surface area contributed by atoms with Gasteiger partial charge in [-0.3, -0.25) is 4.79 Å². The van der Waals surface area contributed by atoms with Crippen molar-refractivity contribution in [1.29, 1.82) is 0 Å². The third-order valence-electron chi connectivity index (χ3n) is 5.13. The molecule has 1 aliphatic heterocycles. The minimum Gasteiger partial charge on any atom is -0.478 e. The molecule has 1 fully saturated rings. The van der Waals surface area contributed by atoms with E-state index in [1.54, 1.807) is 4.90 Å². The number of ether oxygens (including phenoxy) is 1. The molecule has 0 bridgehead atoms. The second-order valence-electron chi connectivity index (χ2n) is 6.56. The van der Waals surface area contributed by atoms with Crippen molar-refractivity contribution in [3.05, 3.63) is 23.8 Å². The van der Waals surface area contributed by atoms with E-state index in [9.17, 15) is 4.79 Å². The lowest BCUT2D eigenvalue weighted by Gasteiger charge is -2.33. The molecule has 22 heavy (non-hydrogen) atoms. The molecule has 2 atom stereocenters. The number of benzene rings is 1. The number of nitrogens with zero attached hydrogens (tertiary/aromatic N) is 1. The van der Waals surface area contributed by atoms with Crippen LogP contribution >= 0.6 is 0 Å². The van der Waals surface area contributed by atoms with Crippen molar-refractivity contribution in [2.24, 2.45) is 11.7 Å². The molecule has 1 saturated carbocycles. The second kappa shape index (κ2) is 6.29. The van der Waals surface area contributed by atoms with Crippen molar-refractivity contribution in [3.8, 4) is 5.75 Å². The molecule has 1 heterocycles. The van der Waals surface area contributed by atoms with Gasteiger partial charge < -0.3 is 15.4 Å². The van der Waals surface area contributed by atoms with Crippen LogP contribution in [0.4, 0.5) is 5.69 Å². The zero-order valence-corrected chi connectivity index (χ0v) is 13.5. The van der Waals surface area contributed by atoms with Crippen molar-refractivity contribution >= 4 is 11.6 Å². The Bertz CT molecular complexity index is 552. The summed E-state index contributed by atoms with van der Waals surface area (Å²) in [7, 11) is 1.82. The number of amides is 1. The van der Waals surface area contributed by atoms with Gasteiger partial charge in [0.05, 0.1) is 5.69 Å². The number of carbonyl (C=O) groups is 1. The van der Waals surface area contributed by atoms with Crippen molar-refractivity contribution in [2.45, 2.75) is 57.6 Å². The predicted octanol–water partition coefficient (Wildman–Crippen LogP) is 3.40. The van der Waals surface area contributed by atoms with Gasteiger partial charge in [-0.05, 0) is 42.9 Å². The normalized spacial score (nSPS) is 23.9. The minimum atomic E-state index is -0.365. The molecule has 1 amide bonds. The summed E-state index contributed by atoms with van der Waals surface area (Å²) in [6.07, 6.45) is 6.63. The standard InChI is InChI=1S/C18H26N2O2/c1-3-15-18(21)20(2)14-11-13(9-10-16(14)22-15)17(19)12-7-5-4-6-8-12/h9-12,15,17H,3-8,19H2,1-2H3. The number of nitrogens with two attached hydrogens (primary N) is 1. The fourth-order valence-corrected chi connectivity index (χ4v) is 3.67. The predicted molar refractivity (Wildman–Crippen MR) is 88.1 cm³/mol. The molecule has 4 heteroatoms. The number of likely N-dealkylation sites (N-methyl/N-ethyl adjacent to an activating group) is 1. The molecule has 1 aromatic rings. The van der Waals surface area contributed by atoms with E-state index in [0.717, 1.165) is 17.0 Å². The summed E-state index contributed by atoms with van der Waals surface area (Å²) in [6, 6.07) is 6.13. The Morgan fingerprint density at radius 3 is 2.73 bits per heavy atom. The summed E-state index contributed by atoms with van der Waals surface area (Å²) >= 11 is 0. The second-order valence-corrected chi connectivity index (χ2v) is 6.56. The first-order valence-corrected chi connectivity index (χ1v) is 8.45. The van der Waals surface area contributed by atoms with Gasteiger partial charge in [0.2, 0.25) is 0 Å². The van der Waals surface area contributed by atoms with Gasteiger partial charge in [0.15, 0.2) is 6.10 Å². The van der Waals surface area contributed by atoms with E-state index < -0.39 is 0 Å². The van der Waals surface area contributed by atoms with Gasteiger partial charge in [-0.2, -0.15) is 0 Å². The van der Waals surface area contributed by atoms with Crippen LogP contribution in [0.1, 0.15) is 57.1 Å². The van der Waals surface area contributed by atoms with Gasteiger partial charge in [0.1, 0.15) is 5.75 Å². The lowest BCUT2D eigenvalue weighted by Crippen LogP contribution is -2.43. The van der Waals surface area contributed by atoms with E-state index >= 15 is 0 Å². The van der Waals surface area contributed by atoms with Gasteiger partial charge in [-0.15, -0.1) is 0 Å². The molecule has 1 aliphatic carbocycles. The van der Waals surface area contributed by atoms with E-state index in [1.807, 2.05) is 26.1 Å². The van der Waals surface area contributed by atoms with Crippen LogP contribution in [0.3, 0.4) is 0 Å². The molecule has 4 nitrogen and oxygen atoms in total. The zero-order valence-electron chi connectivity index (χ0n) is 13.5. The van der Waals surface area contributed by atoms with E-state index in [4.69, 9.17) is 10.5 Å². The summed E-state index contributed by atoms with van der Waals surface area (Å²) < 4.78 is 5.81. The van der Waals surface area contributed by atoms with Gasteiger partial charge in [-0.1, -0.05) is 32.3 Å². The summed E-state index contributed by atoms with van der Waals surface area (Å²) in [5, 5.41) is 0. The van der Waals surface area contributed by atoms with E-state index in [2.05, 4.69) is 6.07 Å². The quantitative estimate of drug-likeness (QED) is 0.931.